The van der Waals surface area contributed by atoms with E-state index in [0.29, 0.717) is 5.56 Å². The molecule has 13 rings (SSSR count). The maximum absolute atomic E-state index is 15.9. The van der Waals surface area contributed by atoms with Crippen molar-refractivity contribution < 1.29 is 93.0 Å². The number of aromatic hydroxyl groups is 5. The van der Waals surface area contributed by atoms with Crippen molar-refractivity contribution in [3.8, 4) is 80.1 Å². The second kappa shape index (κ2) is 24.3. The lowest BCUT2D eigenvalue weighted by Crippen LogP contribution is -2.55. The monoisotopic (exact) mass is 1260 g/mol. The Balaban J connectivity index is 1.16. The zero-order valence-corrected chi connectivity index (χ0v) is 47.6. The molecule has 28 heteroatoms. The Bertz CT molecular complexity index is 4110. The quantitative estimate of drug-likeness (QED) is 0.106. The Morgan fingerprint density at radius 2 is 1.16 bits per heavy atom. The number of hydrogen-bond donors (Lipinski definition) is 14. The van der Waals surface area contributed by atoms with Gasteiger partial charge in [-0.3, -0.25) is 28.8 Å². The molecule has 6 aliphatic heterocycles. The molecule has 0 aliphatic carbocycles. The number of nitrogens with two attached hydrogens (primary N) is 1. The highest BCUT2D eigenvalue weighted by Gasteiger charge is 2.42. The van der Waals surface area contributed by atoms with Crippen molar-refractivity contribution in [3.63, 3.8) is 0 Å². The molecular weight excluding hydrogens is 1210 g/mol. The predicted molar refractivity (Wildman–Crippen MR) is 310 cm³/mol. The standard InChI is InChI=1S/C61H51Cl2N7O19/c1-85-61(84)51-34-22-31(73)23-40(76)46(34)33-16-26(4-6-38(33)74)48-57(80)70-52(60(83)69-51)53(77)27-5-9-42(36(63)17-27)89-45-20-29-19-44(54(45)86-11-10-71)88-41-8-2-24(12-35(41)62)13-37-55(78)66-49(58(81)68-50(29)59(82)67-48)28-14-30(72)21-32(15-28)87-43-18-25(3-7-39(43)75)47(64)56(79)65-37/h2-9,12,14-23,37,47-53,71-77H,10-11,13,64H2,1H3,(H,65,79)(H,66,78)(H,67,82)(H,68,81)(H,69,83)(H,70,80)/t37-,47+,48-,49+,50-,51+,52+,53-/m1/s1. The van der Waals surface area contributed by atoms with E-state index in [4.69, 9.17) is 52.6 Å². The van der Waals surface area contributed by atoms with Gasteiger partial charge in [0.1, 0.15) is 89.2 Å². The van der Waals surface area contributed by atoms with Crippen molar-refractivity contribution >= 4 is 64.6 Å². The molecule has 6 amide bonds. The normalized spacial score (nSPS) is 21.5. The van der Waals surface area contributed by atoms with Crippen LogP contribution in [0.1, 0.15) is 75.3 Å². The number of ether oxygens (including phenoxy) is 5. The maximum Gasteiger partial charge on any atom is 0.333 e. The SMILES string of the molecule is COC(=O)[C@H]1NC(=O)[C@H]2NC(=O)[C@H](NC(=O)[C@@H]3NC(=O)[C@H]4NC(=O)[C@@H](Cc5ccc(c(Cl)c5)Oc5cc3cc(c5OCCO)Oc3ccc(cc3Cl)[C@H]2O)NC(=O)[C@@H](N)c2ccc(O)c(c2)Oc2cc(O)cc4c2)c2ccc(O)c(c2)-c2c(O)cc(O)cc21. The van der Waals surface area contributed by atoms with Crippen LogP contribution in [-0.4, -0.2) is 110 Å². The van der Waals surface area contributed by atoms with E-state index in [1.54, 1.807) is 0 Å². The second-order valence-electron chi connectivity index (χ2n) is 20.8. The molecule has 8 atom stereocenters. The molecule has 0 unspecified atom stereocenters. The minimum atomic E-state index is -2.15. The van der Waals surface area contributed by atoms with Gasteiger partial charge in [-0.25, -0.2) is 4.79 Å². The van der Waals surface area contributed by atoms with E-state index in [9.17, 15) is 54.9 Å². The van der Waals surface area contributed by atoms with Crippen LogP contribution < -0.4 is 56.6 Å². The number of phenols is 5. The van der Waals surface area contributed by atoms with Crippen LogP contribution in [0.2, 0.25) is 10.0 Å². The van der Waals surface area contributed by atoms with Gasteiger partial charge in [-0.15, -0.1) is 0 Å². The minimum absolute atomic E-state index is 0.0954. The van der Waals surface area contributed by atoms with Gasteiger partial charge in [-0.05, 0) is 112 Å². The molecule has 0 saturated carbocycles. The van der Waals surface area contributed by atoms with Crippen LogP contribution in [0, 0.1) is 0 Å². The third kappa shape index (κ3) is 12.0. The molecule has 7 aromatic carbocycles. The van der Waals surface area contributed by atoms with Gasteiger partial charge in [-0.2, -0.15) is 0 Å². The average molecular weight is 1260 g/mol. The first-order valence-electron chi connectivity index (χ1n) is 27.0. The Morgan fingerprint density at radius 3 is 1.83 bits per heavy atom. The van der Waals surface area contributed by atoms with Crippen molar-refractivity contribution in [2.75, 3.05) is 20.3 Å². The maximum atomic E-state index is 15.9. The van der Waals surface area contributed by atoms with E-state index in [1.807, 2.05) is 0 Å². The predicted octanol–water partition coefficient (Wildman–Crippen LogP) is 4.74. The molecular formula is C61H51Cl2N7O19. The van der Waals surface area contributed by atoms with Gasteiger partial charge < -0.3 is 97.1 Å². The summed E-state index contributed by atoms with van der Waals surface area (Å²) in [4.78, 5) is 105. The average Bonchev–Trinajstić information content (AvgIpc) is 1.98. The smallest absolute Gasteiger partial charge is 0.333 e. The summed E-state index contributed by atoms with van der Waals surface area (Å²) in [5.41, 5.74) is 4.90. The Morgan fingerprint density at radius 1 is 0.562 bits per heavy atom. The van der Waals surface area contributed by atoms with E-state index >= 15 is 14.4 Å². The molecule has 15 N–H and O–H groups in total. The van der Waals surface area contributed by atoms with Gasteiger partial charge in [0.05, 0.1) is 23.8 Å². The summed E-state index contributed by atoms with van der Waals surface area (Å²) in [6.07, 6.45) is -2.43. The number of nitrogens with one attached hydrogen (secondary N) is 6. The second-order valence-corrected chi connectivity index (χ2v) is 21.7. The first kappa shape index (κ1) is 60.2. The third-order valence-electron chi connectivity index (χ3n) is 15.0. The molecule has 0 saturated heterocycles. The number of benzene rings is 7. The number of halogens is 2. The van der Waals surface area contributed by atoms with Crippen LogP contribution in [0.15, 0.2) is 115 Å². The molecule has 458 valence electrons. The van der Waals surface area contributed by atoms with Crippen LogP contribution in [-0.2, 0) is 44.7 Å². The number of carbonyl (C=O) groups excluding carboxylic acids is 7. The number of aliphatic hydroxyl groups excluding tert-OH is 2. The molecule has 26 nitrogen and oxygen atoms in total. The number of phenolic OH excluding ortho intramolecular Hbond substituents is 5. The molecule has 0 spiro atoms. The summed E-state index contributed by atoms with van der Waals surface area (Å²) in [5, 5.41) is 93.6. The summed E-state index contributed by atoms with van der Waals surface area (Å²) in [5.74, 6) is -13.0. The topological polar surface area (TPSA) is 405 Å². The number of hydrogen-bond acceptors (Lipinski definition) is 20. The van der Waals surface area contributed by atoms with Crippen LogP contribution in [0.3, 0.4) is 0 Å². The number of esters is 1. The van der Waals surface area contributed by atoms with Gasteiger partial charge in [-0.1, -0.05) is 47.5 Å². The van der Waals surface area contributed by atoms with Gasteiger partial charge in [0, 0.05) is 35.2 Å². The van der Waals surface area contributed by atoms with E-state index in [2.05, 4.69) is 31.9 Å². The van der Waals surface area contributed by atoms with Crippen LogP contribution in [0.25, 0.3) is 11.1 Å². The number of methoxy groups -OCH3 is 1. The molecule has 0 fully saturated rings. The number of carbonyl (C=O) groups is 7. The summed E-state index contributed by atoms with van der Waals surface area (Å²) in [6, 6.07) is 9.36. The highest BCUT2D eigenvalue weighted by Crippen LogP contribution is 2.49. The van der Waals surface area contributed by atoms with Crippen LogP contribution in [0.4, 0.5) is 0 Å². The fourth-order valence-corrected chi connectivity index (χ4v) is 11.1. The Labute approximate surface area is 512 Å². The lowest BCUT2D eigenvalue weighted by molar-refractivity contribution is -0.146. The van der Waals surface area contributed by atoms with Gasteiger partial charge >= 0.3 is 5.97 Å². The van der Waals surface area contributed by atoms with Crippen molar-refractivity contribution in [2.45, 2.75) is 54.8 Å². The van der Waals surface area contributed by atoms with E-state index < -0.39 is 137 Å². The molecule has 6 heterocycles. The zero-order chi connectivity index (χ0) is 63.3. The van der Waals surface area contributed by atoms with Crippen LogP contribution >= 0.6 is 23.2 Å². The minimum Gasteiger partial charge on any atom is -0.508 e. The third-order valence-corrected chi connectivity index (χ3v) is 15.5. The number of rotatable bonds is 4. The number of fused-ring (bicyclic) bond motifs is 14. The zero-order valence-electron chi connectivity index (χ0n) is 46.1. The van der Waals surface area contributed by atoms with Gasteiger partial charge in [0.15, 0.2) is 29.0 Å². The molecule has 0 aromatic heterocycles. The van der Waals surface area contributed by atoms with Gasteiger partial charge in [0.25, 0.3) is 0 Å². The molecule has 89 heavy (non-hydrogen) atoms. The molecule has 0 radical (unpaired) electrons. The highest BCUT2D eigenvalue weighted by atomic mass is 35.5. The molecule has 17 bridgehead atoms. The summed E-state index contributed by atoms with van der Waals surface area (Å²) in [6.45, 7) is -1.01. The molecule has 7 aromatic rings. The lowest BCUT2D eigenvalue weighted by Gasteiger charge is -2.31. The van der Waals surface area contributed by atoms with Crippen LogP contribution in [0.5, 0.6) is 69.0 Å². The summed E-state index contributed by atoms with van der Waals surface area (Å²) < 4.78 is 30.1. The van der Waals surface area contributed by atoms with Gasteiger partial charge in [0.2, 0.25) is 41.2 Å². The number of aliphatic hydroxyl groups is 2. The lowest BCUT2D eigenvalue weighted by atomic mass is 9.89. The van der Waals surface area contributed by atoms with Crippen molar-refractivity contribution in [2.24, 2.45) is 5.73 Å². The van der Waals surface area contributed by atoms with E-state index in [-0.39, 0.29) is 95.7 Å². The first-order valence-corrected chi connectivity index (χ1v) is 27.7. The first-order chi connectivity index (χ1) is 42.5. The van der Waals surface area contributed by atoms with Crippen molar-refractivity contribution in [1.29, 1.82) is 0 Å². The molecule has 6 aliphatic rings. The Kier molecular flexibility index (Phi) is 16.5. The number of amides is 6. The summed E-state index contributed by atoms with van der Waals surface area (Å²) in [7, 11) is 0.968. The van der Waals surface area contributed by atoms with Crippen molar-refractivity contribution in [3.05, 3.63) is 164 Å². The highest BCUT2D eigenvalue weighted by molar-refractivity contribution is 6.32. The fraction of sp³-hybridized carbons (Fsp3) is 0.197. The Hall–Kier alpha value is -10.5. The largest absolute Gasteiger partial charge is 0.508 e. The van der Waals surface area contributed by atoms with E-state index in [0.717, 1.165) is 49.6 Å². The fourth-order valence-electron chi connectivity index (χ4n) is 10.6. The van der Waals surface area contributed by atoms with Crippen molar-refractivity contribution in [1.82, 2.24) is 31.9 Å². The summed E-state index contributed by atoms with van der Waals surface area (Å²) >= 11 is 13.9. The van der Waals surface area contributed by atoms with E-state index in [1.165, 1.54) is 72.8 Å².